The summed E-state index contributed by atoms with van der Waals surface area (Å²) in [5.41, 5.74) is 3.34. The zero-order valence-corrected chi connectivity index (χ0v) is 21.7. The molecule has 0 amide bonds. The van der Waals surface area contributed by atoms with Gasteiger partial charge in [-0.25, -0.2) is 0 Å². The maximum Gasteiger partial charge on any atom is -1.00 e. The fourth-order valence-corrected chi connectivity index (χ4v) is 6.96. The van der Waals surface area contributed by atoms with Gasteiger partial charge in [-0.2, -0.15) is 0 Å². The van der Waals surface area contributed by atoms with Crippen molar-refractivity contribution in [2.75, 3.05) is 23.4 Å². The fraction of sp³-hybridized carbons (Fsp3) is 0.292. The molecule has 0 fully saturated rings. The van der Waals surface area contributed by atoms with Crippen LogP contribution in [0.4, 0.5) is 24.5 Å². The van der Waals surface area contributed by atoms with E-state index in [1.807, 2.05) is 11.9 Å². The predicted molar refractivity (Wildman–Crippen MR) is 119 cm³/mol. The van der Waals surface area contributed by atoms with Crippen LogP contribution in [0.2, 0.25) is 0 Å². The van der Waals surface area contributed by atoms with E-state index in [0.29, 0.717) is 5.69 Å². The van der Waals surface area contributed by atoms with Gasteiger partial charge in [0.15, 0.2) is 0 Å². The number of alkyl halides is 3. The number of nitrogens with zero attached hydrogens (tertiary/aromatic N) is 3. The van der Waals surface area contributed by atoms with E-state index in [-0.39, 0.29) is 38.5 Å². The largest absolute Gasteiger partial charge is 1.00 e. The van der Waals surface area contributed by atoms with Crippen LogP contribution in [0.5, 0.6) is 0 Å². The van der Waals surface area contributed by atoms with Gasteiger partial charge >= 0.3 is 185 Å². The van der Waals surface area contributed by atoms with Gasteiger partial charge in [0, 0.05) is 0 Å². The molecule has 8 heteroatoms. The Morgan fingerprint density at radius 3 is 2.62 bits per heavy atom. The molecular formula is C24H23F3IN3Se. The summed E-state index contributed by atoms with van der Waals surface area (Å²) in [6.07, 6.45) is 1.96. The first-order valence-electron chi connectivity index (χ1n) is 10.4. The molecule has 1 aromatic heterocycles. The summed E-state index contributed by atoms with van der Waals surface area (Å²) in [5.74, 6) is 1.00. The van der Waals surface area contributed by atoms with E-state index in [0.717, 1.165) is 37.4 Å². The molecule has 0 radical (unpaired) electrons. The summed E-state index contributed by atoms with van der Waals surface area (Å²) in [5, 5.41) is 0. The van der Waals surface area contributed by atoms with E-state index in [1.165, 1.54) is 32.1 Å². The third kappa shape index (κ3) is 3.90. The molecule has 2 aliphatic heterocycles. The quantitative estimate of drug-likeness (QED) is 0.254. The van der Waals surface area contributed by atoms with Crippen molar-refractivity contribution in [3.63, 3.8) is 0 Å². The minimum atomic E-state index is -4.34. The van der Waals surface area contributed by atoms with Crippen LogP contribution in [-0.4, -0.2) is 28.1 Å². The molecule has 3 heterocycles. The second-order valence-electron chi connectivity index (χ2n) is 7.85. The predicted octanol–water partition coefficient (Wildman–Crippen LogP) is 2.20. The number of allylic oxidation sites excluding steroid dienone is 2. The summed E-state index contributed by atoms with van der Waals surface area (Å²) in [6.45, 7) is 3.90. The van der Waals surface area contributed by atoms with Crippen molar-refractivity contribution in [2.45, 2.75) is 32.5 Å². The minimum Gasteiger partial charge on any atom is -1.00 e. The fourth-order valence-electron chi connectivity index (χ4n) is 4.59. The number of hydrogen-bond donors (Lipinski definition) is 0. The first-order chi connectivity index (χ1) is 14.9. The molecule has 3 aromatic rings. The molecule has 168 valence electrons. The van der Waals surface area contributed by atoms with Crippen molar-refractivity contribution in [1.29, 1.82) is 0 Å². The van der Waals surface area contributed by atoms with Gasteiger partial charge in [0.2, 0.25) is 0 Å². The number of anilines is 2. The molecule has 5 rings (SSSR count). The first kappa shape index (κ1) is 23.4. The van der Waals surface area contributed by atoms with Crippen molar-refractivity contribution >= 4 is 41.7 Å². The Morgan fingerprint density at radius 2 is 1.88 bits per heavy atom. The number of hydrogen-bond acceptors (Lipinski definition) is 2. The Hall–Kier alpha value is -1.77. The van der Waals surface area contributed by atoms with Crippen LogP contribution in [0, 0.1) is 0 Å². The number of fused-ring (bicyclic) bond motifs is 4. The maximum absolute atomic E-state index is 13.2. The van der Waals surface area contributed by atoms with Crippen molar-refractivity contribution < 1.29 is 41.7 Å². The molecule has 2 aliphatic rings. The molecular weight excluding hydrogens is 593 g/mol. The molecule has 0 bridgehead atoms. The van der Waals surface area contributed by atoms with E-state index in [4.69, 9.17) is 0 Å². The Bertz CT molecular complexity index is 1230. The monoisotopic (exact) mass is 617 g/mol. The topological polar surface area (TPSA) is 10.4 Å². The third-order valence-electron chi connectivity index (χ3n) is 6.02. The molecule has 0 saturated heterocycles. The Balaban J connectivity index is 0.00000245. The zero-order valence-electron chi connectivity index (χ0n) is 17.8. The van der Waals surface area contributed by atoms with Gasteiger partial charge < -0.3 is 24.0 Å². The van der Waals surface area contributed by atoms with E-state index >= 15 is 0 Å². The summed E-state index contributed by atoms with van der Waals surface area (Å²) >= 11 is 0.259. The summed E-state index contributed by atoms with van der Waals surface area (Å²) in [7, 11) is 1.87. The average molecular weight is 616 g/mol. The van der Waals surface area contributed by atoms with Gasteiger partial charge in [-0.05, 0) is 0 Å². The summed E-state index contributed by atoms with van der Waals surface area (Å²) in [6, 6.07) is 12.6. The van der Waals surface area contributed by atoms with Gasteiger partial charge in [-0.1, -0.05) is 0 Å². The van der Waals surface area contributed by atoms with Crippen LogP contribution >= 0.6 is 0 Å². The van der Waals surface area contributed by atoms with Gasteiger partial charge in [0.25, 0.3) is 0 Å². The van der Waals surface area contributed by atoms with Crippen molar-refractivity contribution in [2.24, 2.45) is 0 Å². The van der Waals surface area contributed by atoms with Gasteiger partial charge in [-0.15, -0.1) is 0 Å². The molecule has 0 atom stereocenters. The number of para-hydroxylation sites is 1. The Kier molecular flexibility index (Phi) is 6.49. The molecule has 3 nitrogen and oxygen atoms in total. The molecule has 0 spiro atoms. The third-order valence-corrected chi connectivity index (χ3v) is 8.40. The number of benzene rings is 2. The van der Waals surface area contributed by atoms with Crippen LogP contribution < -0.4 is 38.3 Å². The van der Waals surface area contributed by atoms with Gasteiger partial charge in [0.05, 0.1) is 0 Å². The zero-order chi connectivity index (χ0) is 21.8. The molecule has 0 aliphatic carbocycles. The van der Waals surface area contributed by atoms with Crippen LogP contribution in [0.1, 0.15) is 29.9 Å². The van der Waals surface area contributed by atoms with Crippen LogP contribution in [-0.2, 0) is 12.7 Å². The first-order valence-corrected chi connectivity index (χ1v) is 12.1. The molecule has 0 N–H and O–H groups in total. The molecule has 2 aromatic carbocycles. The molecule has 0 saturated carbocycles. The smallest absolute Gasteiger partial charge is 1.00 e. The SMILES string of the molecule is CC[n+]1c(C=CC2=C3N(C)c4cc(C(F)(F)F)ccc4N3CCC2)[se]c2ccccc21.[I-]. The van der Waals surface area contributed by atoms with E-state index < -0.39 is 11.7 Å². The molecule has 0 unspecified atom stereocenters. The number of halogens is 4. The normalized spacial score (nSPS) is 16.0. The minimum absolute atomic E-state index is 0. The second kappa shape index (κ2) is 8.88. The van der Waals surface area contributed by atoms with Crippen LogP contribution in [0.25, 0.3) is 15.9 Å². The Labute approximate surface area is 208 Å². The van der Waals surface area contributed by atoms with Crippen molar-refractivity contribution in [3.05, 3.63) is 70.1 Å². The van der Waals surface area contributed by atoms with E-state index in [2.05, 4.69) is 52.8 Å². The van der Waals surface area contributed by atoms with Crippen molar-refractivity contribution in [3.8, 4) is 0 Å². The summed E-state index contributed by atoms with van der Waals surface area (Å²) in [4.78, 5) is 4.08. The number of aryl methyl sites for hydroxylation is 1. The van der Waals surface area contributed by atoms with Crippen LogP contribution in [0.15, 0.2) is 59.9 Å². The standard InChI is InChI=1S/C24H23F3N3Se.HI/c1-3-29-19-8-4-5-9-21(19)31-22(29)13-10-16-7-6-14-30-18-12-11-17(24(25,26)27)15-20(18)28(2)23(16)30;/h4-5,8-13,15H,3,6-7,14H2,1-2H3;1H/q+1;/p-1. The second-order valence-corrected chi connectivity index (χ2v) is 10.1. The maximum atomic E-state index is 13.2. The summed E-state index contributed by atoms with van der Waals surface area (Å²) < 4.78 is 44.8. The van der Waals surface area contributed by atoms with Gasteiger partial charge in [0.1, 0.15) is 0 Å². The number of aromatic nitrogens is 1. The number of rotatable bonds is 3. The van der Waals surface area contributed by atoms with Crippen LogP contribution in [0.3, 0.4) is 0 Å². The van der Waals surface area contributed by atoms with Crippen molar-refractivity contribution in [1.82, 2.24) is 0 Å². The Morgan fingerprint density at radius 1 is 1.09 bits per heavy atom. The average Bonchev–Trinajstić information content (AvgIpc) is 3.26. The van der Waals surface area contributed by atoms with E-state index in [9.17, 15) is 13.2 Å². The molecule has 32 heavy (non-hydrogen) atoms. The van der Waals surface area contributed by atoms with E-state index in [1.54, 1.807) is 6.07 Å². The van der Waals surface area contributed by atoms with Gasteiger partial charge in [-0.3, -0.25) is 0 Å².